The minimum absolute atomic E-state index is 0.0294. The van der Waals surface area contributed by atoms with Gasteiger partial charge in [-0.2, -0.15) is 0 Å². The third kappa shape index (κ3) is 10.7. The van der Waals surface area contributed by atoms with E-state index in [1.807, 2.05) is 18.2 Å². The van der Waals surface area contributed by atoms with Gasteiger partial charge in [0.15, 0.2) is 11.5 Å². The molecule has 1 unspecified atom stereocenters. The van der Waals surface area contributed by atoms with E-state index in [9.17, 15) is 14.4 Å². The molecule has 2 aromatic rings. The normalized spacial score (nSPS) is 17.6. The molecule has 0 spiro atoms. The Balaban J connectivity index is 0.000000482. The smallest absolute Gasteiger partial charge is 0.328 e. The lowest BCUT2D eigenvalue weighted by Gasteiger charge is -2.32. The average molecular weight is 553 g/mol. The molecule has 4 rings (SSSR count). The number of nitrogens with one attached hydrogen (secondary N) is 1. The minimum Gasteiger partial charge on any atom is -0.493 e. The molecular formula is C31H40N2O7. The van der Waals surface area contributed by atoms with Gasteiger partial charge in [0.2, 0.25) is 5.91 Å². The predicted octanol–water partition coefficient (Wildman–Crippen LogP) is 5.01. The zero-order valence-electron chi connectivity index (χ0n) is 23.1. The fourth-order valence-electron chi connectivity index (χ4n) is 5.04. The number of anilines is 1. The molecule has 1 saturated carbocycles. The lowest BCUT2D eigenvalue weighted by molar-refractivity contribution is -0.134. The standard InChI is InChI=1S/C27H36N2O3.C4H4O4/c1-31-25-16-15-23(19-26(25)32-24-13-5-6-14-24)28-27(30)22-12-8-18-29(20-22)17-7-11-21-9-3-2-4-10-21;5-3(6)1-2-4(7)8/h2-4,9-10,15-16,19,22,24H,5-8,11-14,17-18,20H2,1H3,(H,28,30);1-2H,(H,5,6)(H,7,8). The van der Waals surface area contributed by atoms with Gasteiger partial charge in [-0.3, -0.25) is 4.79 Å². The van der Waals surface area contributed by atoms with Gasteiger partial charge in [0.05, 0.1) is 19.1 Å². The largest absolute Gasteiger partial charge is 0.493 e. The van der Waals surface area contributed by atoms with Crippen LogP contribution in [0.25, 0.3) is 0 Å². The molecule has 1 amide bonds. The van der Waals surface area contributed by atoms with Crippen molar-refractivity contribution in [3.63, 3.8) is 0 Å². The van der Waals surface area contributed by atoms with E-state index < -0.39 is 11.9 Å². The topological polar surface area (TPSA) is 125 Å². The number of nitrogens with zero attached hydrogens (tertiary/aromatic N) is 1. The van der Waals surface area contributed by atoms with E-state index >= 15 is 0 Å². The van der Waals surface area contributed by atoms with Crippen LogP contribution in [-0.2, 0) is 20.8 Å². The summed E-state index contributed by atoms with van der Waals surface area (Å²) in [6, 6.07) is 16.3. The molecule has 1 aliphatic heterocycles. The van der Waals surface area contributed by atoms with Gasteiger partial charge in [0.1, 0.15) is 0 Å². The van der Waals surface area contributed by atoms with E-state index in [1.165, 1.54) is 18.4 Å². The summed E-state index contributed by atoms with van der Waals surface area (Å²) < 4.78 is 11.6. The molecule has 216 valence electrons. The number of likely N-dealkylation sites (tertiary alicyclic amines) is 1. The Morgan fingerprint density at radius 2 is 1.65 bits per heavy atom. The highest BCUT2D eigenvalue weighted by Gasteiger charge is 2.26. The molecule has 9 nitrogen and oxygen atoms in total. The molecule has 0 radical (unpaired) electrons. The summed E-state index contributed by atoms with van der Waals surface area (Å²) in [5, 5.41) is 18.8. The summed E-state index contributed by atoms with van der Waals surface area (Å²) in [5.41, 5.74) is 2.17. The number of hydrogen-bond acceptors (Lipinski definition) is 6. The Kier molecular flexibility index (Phi) is 12.5. The summed E-state index contributed by atoms with van der Waals surface area (Å²) >= 11 is 0. The molecule has 2 fully saturated rings. The van der Waals surface area contributed by atoms with Crippen molar-refractivity contribution in [3.05, 3.63) is 66.2 Å². The Labute approximate surface area is 235 Å². The maximum atomic E-state index is 13.0. The number of hydrogen-bond donors (Lipinski definition) is 3. The molecule has 1 saturated heterocycles. The number of carbonyl (C=O) groups excluding carboxylic acids is 1. The van der Waals surface area contributed by atoms with Crippen molar-refractivity contribution in [2.75, 3.05) is 32.1 Å². The van der Waals surface area contributed by atoms with Crippen molar-refractivity contribution in [1.29, 1.82) is 0 Å². The molecule has 9 heteroatoms. The van der Waals surface area contributed by atoms with E-state index in [2.05, 4.69) is 40.5 Å². The van der Waals surface area contributed by atoms with Crippen molar-refractivity contribution >= 4 is 23.5 Å². The number of carboxylic acids is 2. The van der Waals surface area contributed by atoms with E-state index in [-0.39, 0.29) is 17.9 Å². The van der Waals surface area contributed by atoms with Gasteiger partial charge in [-0.05, 0) is 82.2 Å². The van der Waals surface area contributed by atoms with Crippen LogP contribution in [0, 0.1) is 5.92 Å². The van der Waals surface area contributed by atoms with Gasteiger partial charge in [-0.1, -0.05) is 30.3 Å². The van der Waals surface area contributed by atoms with Crippen LogP contribution in [0.4, 0.5) is 5.69 Å². The SMILES string of the molecule is COc1ccc(NC(=O)C2CCCN(CCCc3ccccc3)C2)cc1OC1CCCC1.O=C(O)C=CC(=O)O. The first-order chi connectivity index (χ1) is 19.3. The molecule has 1 atom stereocenters. The maximum absolute atomic E-state index is 13.0. The van der Waals surface area contributed by atoms with Gasteiger partial charge in [-0.25, -0.2) is 9.59 Å². The Hall–Kier alpha value is -3.85. The van der Waals surface area contributed by atoms with Gasteiger partial charge in [0.25, 0.3) is 0 Å². The number of carboxylic acid groups (broad SMARTS) is 2. The molecule has 3 N–H and O–H groups in total. The number of amides is 1. The van der Waals surface area contributed by atoms with Gasteiger partial charge >= 0.3 is 11.9 Å². The van der Waals surface area contributed by atoms with E-state index in [1.54, 1.807) is 7.11 Å². The summed E-state index contributed by atoms with van der Waals surface area (Å²) in [6.45, 7) is 2.96. The second-order valence-corrected chi connectivity index (χ2v) is 10.1. The third-order valence-corrected chi connectivity index (χ3v) is 7.05. The summed E-state index contributed by atoms with van der Waals surface area (Å²) in [4.78, 5) is 34.6. The Morgan fingerprint density at radius 1 is 0.950 bits per heavy atom. The molecule has 1 aliphatic carbocycles. The highest BCUT2D eigenvalue weighted by atomic mass is 16.5. The van der Waals surface area contributed by atoms with Crippen molar-refractivity contribution in [3.8, 4) is 11.5 Å². The second kappa shape index (κ2) is 16.3. The zero-order valence-corrected chi connectivity index (χ0v) is 23.1. The van der Waals surface area contributed by atoms with Crippen molar-refractivity contribution in [2.24, 2.45) is 5.92 Å². The van der Waals surface area contributed by atoms with Gasteiger partial charge in [-0.15, -0.1) is 0 Å². The number of methoxy groups -OCH3 is 1. The third-order valence-electron chi connectivity index (χ3n) is 7.05. The van der Waals surface area contributed by atoms with Crippen molar-refractivity contribution < 1.29 is 34.1 Å². The summed E-state index contributed by atoms with van der Waals surface area (Å²) in [5.74, 6) is -0.933. The molecular weight excluding hydrogens is 512 g/mol. The van der Waals surface area contributed by atoms with Crippen LogP contribution in [0.1, 0.15) is 50.5 Å². The number of ether oxygens (including phenoxy) is 2. The van der Waals surface area contributed by atoms with Crippen LogP contribution in [0.15, 0.2) is 60.7 Å². The number of aryl methyl sites for hydroxylation is 1. The quantitative estimate of drug-likeness (QED) is 0.332. The first kappa shape index (κ1) is 30.7. The first-order valence-corrected chi connectivity index (χ1v) is 13.9. The van der Waals surface area contributed by atoms with Crippen LogP contribution < -0.4 is 14.8 Å². The van der Waals surface area contributed by atoms with Crippen LogP contribution in [0.5, 0.6) is 11.5 Å². The number of aliphatic carboxylic acids is 2. The lowest BCUT2D eigenvalue weighted by atomic mass is 9.96. The van der Waals surface area contributed by atoms with Gasteiger partial charge < -0.3 is 29.9 Å². The van der Waals surface area contributed by atoms with Crippen molar-refractivity contribution in [2.45, 2.75) is 57.5 Å². The second-order valence-electron chi connectivity index (χ2n) is 10.1. The molecule has 2 aliphatic rings. The van der Waals surface area contributed by atoms with Crippen LogP contribution >= 0.6 is 0 Å². The van der Waals surface area contributed by atoms with Crippen LogP contribution in [0.3, 0.4) is 0 Å². The zero-order chi connectivity index (χ0) is 28.7. The molecule has 0 bridgehead atoms. The highest BCUT2D eigenvalue weighted by Crippen LogP contribution is 2.34. The Bertz CT molecular complexity index is 1110. The van der Waals surface area contributed by atoms with Crippen LogP contribution in [0.2, 0.25) is 0 Å². The highest BCUT2D eigenvalue weighted by molar-refractivity contribution is 5.93. The molecule has 2 aromatic carbocycles. The van der Waals surface area contributed by atoms with E-state index in [0.717, 1.165) is 75.3 Å². The fraction of sp³-hybridized carbons (Fsp3) is 0.452. The van der Waals surface area contributed by atoms with Gasteiger partial charge in [0, 0.05) is 30.5 Å². The number of benzene rings is 2. The fourth-order valence-corrected chi connectivity index (χ4v) is 5.04. The first-order valence-electron chi connectivity index (χ1n) is 13.9. The average Bonchev–Trinajstić information content (AvgIpc) is 3.46. The predicted molar refractivity (Wildman–Crippen MR) is 153 cm³/mol. The molecule has 40 heavy (non-hydrogen) atoms. The summed E-state index contributed by atoms with van der Waals surface area (Å²) in [7, 11) is 1.66. The Morgan fingerprint density at radius 3 is 2.30 bits per heavy atom. The molecule has 1 heterocycles. The lowest BCUT2D eigenvalue weighted by Crippen LogP contribution is -2.41. The number of carbonyl (C=O) groups is 3. The van der Waals surface area contributed by atoms with E-state index in [0.29, 0.717) is 12.2 Å². The number of rotatable bonds is 11. The number of piperidine rings is 1. The summed E-state index contributed by atoms with van der Waals surface area (Å²) in [6.07, 6.45) is 10.2. The van der Waals surface area contributed by atoms with Crippen molar-refractivity contribution in [1.82, 2.24) is 4.90 Å². The molecule has 0 aromatic heterocycles. The minimum atomic E-state index is -1.26. The van der Waals surface area contributed by atoms with E-state index in [4.69, 9.17) is 19.7 Å². The monoisotopic (exact) mass is 552 g/mol. The van der Waals surface area contributed by atoms with Crippen LogP contribution in [-0.4, -0.2) is 65.8 Å². The maximum Gasteiger partial charge on any atom is 0.328 e.